The van der Waals surface area contributed by atoms with Crippen molar-refractivity contribution in [3.05, 3.63) is 23.8 Å². The van der Waals surface area contributed by atoms with Gasteiger partial charge in [-0.25, -0.2) is 0 Å². The van der Waals surface area contributed by atoms with Gasteiger partial charge in [-0.1, -0.05) is 0 Å². The molecular weight excluding hydrogens is 261 g/mol. The Morgan fingerprint density at radius 3 is 2.35 bits per heavy atom. The van der Waals surface area contributed by atoms with Crippen LogP contribution in [-0.2, 0) is 0 Å². The summed E-state index contributed by atoms with van der Waals surface area (Å²) in [4.78, 5) is 11.3. The molecule has 0 radical (unpaired) electrons. The average molecular weight is 269 g/mol. The number of hydrogen-bond donors (Lipinski definition) is 0. The first-order chi connectivity index (χ1) is 7.85. The van der Waals surface area contributed by atoms with Crippen molar-refractivity contribution in [3.63, 3.8) is 0 Å². The molecule has 1 aromatic carbocycles. The Labute approximate surface area is 100 Å². The zero-order valence-corrected chi connectivity index (χ0v) is 9.43. The van der Waals surface area contributed by atoms with Gasteiger partial charge in [-0.15, -0.1) is 24.8 Å². The van der Waals surface area contributed by atoms with Gasteiger partial charge in [0, 0.05) is 11.6 Å². The number of Topliss-reactive ketones (excluding diaryl/α,β-unsaturated/α-hetero) is 1. The van der Waals surface area contributed by atoms with E-state index in [-0.39, 0.29) is 17.2 Å². The Balaban J connectivity index is 3.09. The number of ether oxygens (including phenoxy) is 2. The van der Waals surface area contributed by atoms with Crippen molar-refractivity contribution < 1.29 is 27.4 Å². The maximum Gasteiger partial charge on any atom is 0.573 e. The molecule has 0 saturated heterocycles. The number of carbonyl (C=O) groups excluding carboxylic acids is 1. The number of hydrogen-bond acceptors (Lipinski definition) is 3. The van der Waals surface area contributed by atoms with Crippen molar-refractivity contribution in [1.82, 2.24) is 0 Å². The van der Waals surface area contributed by atoms with E-state index in [0.29, 0.717) is 0 Å². The van der Waals surface area contributed by atoms with Crippen LogP contribution in [0.5, 0.6) is 11.5 Å². The Morgan fingerprint density at radius 1 is 1.29 bits per heavy atom. The second kappa shape index (κ2) is 5.27. The third-order valence-corrected chi connectivity index (χ3v) is 2.04. The molecule has 0 N–H and O–H groups in total. The molecule has 0 spiro atoms. The van der Waals surface area contributed by atoms with E-state index in [0.717, 1.165) is 12.1 Å². The van der Waals surface area contributed by atoms with Crippen LogP contribution in [-0.4, -0.2) is 25.1 Å². The summed E-state index contributed by atoms with van der Waals surface area (Å²) in [5.41, 5.74) is -0.00130. The zero-order chi connectivity index (χ0) is 13.1. The number of halogens is 4. The first kappa shape index (κ1) is 13.6. The molecule has 17 heavy (non-hydrogen) atoms. The number of rotatable bonds is 4. The fraction of sp³-hybridized carbons (Fsp3) is 0.300. The van der Waals surface area contributed by atoms with Gasteiger partial charge in [-0.05, 0) is 12.1 Å². The molecule has 0 aromatic heterocycles. The van der Waals surface area contributed by atoms with Gasteiger partial charge < -0.3 is 9.47 Å². The maximum absolute atomic E-state index is 12.0. The summed E-state index contributed by atoms with van der Waals surface area (Å²) >= 11 is 5.31. The first-order valence-electron chi connectivity index (χ1n) is 4.39. The van der Waals surface area contributed by atoms with Gasteiger partial charge in [-0.2, -0.15) is 0 Å². The van der Waals surface area contributed by atoms with Crippen LogP contribution in [0.4, 0.5) is 13.2 Å². The van der Waals surface area contributed by atoms with E-state index in [9.17, 15) is 18.0 Å². The van der Waals surface area contributed by atoms with Gasteiger partial charge in [0.05, 0.1) is 13.0 Å². The molecule has 0 amide bonds. The van der Waals surface area contributed by atoms with E-state index in [1.54, 1.807) is 0 Å². The largest absolute Gasteiger partial charge is 0.573 e. The number of carbonyl (C=O) groups is 1. The smallest absolute Gasteiger partial charge is 0.497 e. The molecule has 3 nitrogen and oxygen atoms in total. The van der Waals surface area contributed by atoms with Crippen LogP contribution in [0.25, 0.3) is 0 Å². The molecule has 94 valence electrons. The highest BCUT2D eigenvalue weighted by Gasteiger charge is 2.31. The minimum absolute atomic E-state index is 0.00130. The highest BCUT2D eigenvalue weighted by atomic mass is 35.5. The predicted octanol–water partition coefficient (Wildman–Crippen LogP) is 3.02. The number of benzene rings is 1. The third kappa shape index (κ3) is 4.14. The Morgan fingerprint density at radius 2 is 1.88 bits per heavy atom. The second-order valence-electron chi connectivity index (χ2n) is 3.00. The Kier molecular flexibility index (Phi) is 4.22. The minimum atomic E-state index is -4.83. The summed E-state index contributed by atoms with van der Waals surface area (Å²) in [6.07, 6.45) is -4.83. The van der Waals surface area contributed by atoms with Gasteiger partial charge >= 0.3 is 6.36 Å². The fourth-order valence-electron chi connectivity index (χ4n) is 1.12. The summed E-state index contributed by atoms with van der Waals surface area (Å²) in [5, 5.41) is 0. The zero-order valence-electron chi connectivity index (χ0n) is 8.68. The summed E-state index contributed by atoms with van der Waals surface area (Å²) in [7, 11) is 1.27. The monoisotopic (exact) mass is 268 g/mol. The molecule has 0 aliphatic rings. The first-order valence-corrected chi connectivity index (χ1v) is 4.93. The molecule has 7 heteroatoms. The molecule has 0 bridgehead atoms. The highest BCUT2D eigenvalue weighted by Crippen LogP contribution is 2.28. The van der Waals surface area contributed by atoms with E-state index >= 15 is 0 Å². The van der Waals surface area contributed by atoms with Crippen LogP contribution < -0.4 is 9.47 Å². The molecule has 0 saturated carbocycles. The van der Waals surface area contributed by atoms with Crippen molar-refractivity contribution in [3.8, 4) is 11.5 Å². The van der Waals surface area contributed by atoms with E-state index in [4.69, 9.17) is 16.3 Å². The van der Waals surface area contributed by atoms with E-state index in [1.165, 1.54) is 13.2 Å². The molecule has 1 aromatic rings. The highest BCUT2D eigenvalue weighted by molar-refractivity contribution is 6.30. The standard InChI is InChI=1S/C10H8ClF3O3/c1-16-7-2-6(9(15)5-11)3-8(4-7)17-10(12,13)14/h2-4H,5H2,1H3. The average Bonchev–Trinajstić information content (AvgIpc) is 2.25. The minimum Gasteiger partial charge on any atom is -0.497 e. The Hall–Kier alpha value is -1.43. The SMILES string of the molecule is COc1cc(OC(F)(F)F)cc(C(=O)CCl)c1. The Bertz CT molecular complexity index is 418. The quantitative estimate of drug-likeness (QED) is 0.622. The van der Waals surface area contributed by atoms with Crippen molar-refractivity contribution in [2.24, 2.45) is 0 Å². The molecule has 0 fully saturated rings. The van der Waals surface area contributed by atoms with E-state index in [1.807, 2.05) is 0 Å². The maximum atomic E-state index is 12.0. The normalized spacial score (nSPS) is 11.1. The molecule has 0 aliphatic carbocycles. The van der Waals surface area contributed by atoms with Crippen LogP contribution in [0.15, 0.2) is 18.2 Å². The van der Waals surface area contributed by atoms with Crippen LogP contribution in [0.1, 0.15) is 10.4 Å². The number of alkyl halides is 4. The van der Waals surface area contributed by atoms with Crippen LogP contribution >= 0.6 is 11.6 Å². The lowest BCUT2D eigenvalue weighted by Crippen LogP contribution is -2.17. The van der Waals surface area contributed by atoms with E-state index < -0.39 is 17.9 Å². The second-order valence-corrected chi connectivity index (χ2v) is 3.27. The van der Waals surface area contributed by atoms with Gasteiger partial charge in [0.25, 0.3) is 0 Å². The van der Waals surface area contributed by atoms with E-state index in [2.05, 4.69) is 4.74 Å². The predicted molar refractivity (Wildman–Crippen MR) is 54.7 cm³/mol. The van der Waals surface area contributed by atoms with Crippen LogP contribution in [0.2, 0.25) is 0 Å². The fourth-order valence-corrected chi connectivity index (χ4v) is 1.27. The summed E-state index contributed by atoms with van der Waals surface area (Å²) in [5.74, 6) is -1.29. The number of ketones is 1. The lowest BCUT2D eigenvalue weighted by atomic mass is 10.1. The van der Waals surface area contributed by atoms with Crippen LogP contribution in [0, 0.1) is 0 Å². The molecule has 1 rings (SSSR count). The topological polar surface area (TPSA) is 35.5 Å². The molecule has 0 heterocycles. The molecule has 0 atom stereocenters. The van der Waals surface area contributed by atoms with Gasteiger partial charge in [0.15, 0.2) is 5.78 Å². The van der Waals surface area contributed by atoms with Crippen molar-refractivity contribution in [2.45, 2.75) is 6.36 Å². The lowest BCUT2D eigenvalue weighted by molar-refractivity contribution is -0.274. The van der Waals surface area contributed by atoms with Gasteiger partial charge in [0.1, 0.15) is 11.5 Å². The lowest BCUT2D eigenvalue weighted by Gasteiger charge is -2.11. The summed E-state index contributed by atoms with van der Waals surface area (Å²) in [6, 6.07) is 3.27. The number of methoxy groups -OCH3 is 1. The third-order valence-electron chi connectivity index (χ3n) is 1.79. The summed E-state index contributed by atoms with van der Waals surface area (Å²) in [6.45, 7) is 0. The van der Waals surface area contributed by atoms with Gasteiger partial charge in [-0.3, -0.25) is 4.79 Å². The van der Waals surface area contributed by atoms with Crippen LogP contribution in [0.3, 0.4) is 0 Å². The van der Waals surface area contributed by atoms with Crippen molar-refractivity contribution in [2.75, 3.05) is 13.0 Å². The summed E-state index contributed by atoms with van der Waals surface area (Å²) < 4.78 is 44.5. The molecular formula is C10H8ClF3O3. The molecule has 0 aliphatic heterocycles. The molecule has 0 unspecified atom stereocenters. The van der Waals surface area contributed by atoms with Gasteiger partial charge in [0.2, 0.25) is 0 Å². The van der Waals surface area contributed by atoms with Crippen molar-refractivity contribution >= 4 is 17.4 Å². The van der Waals surface area contributed by atoms with Crippen molar-refractivity contribution in [1.29, 1.82) is 0 Å².